The topological polar surface area (TPSA) is 72.8 Å². The molecule has 5 nitrogen and oxygen atoms in total. The Morgan fingerprint density at radius 3 is 2.14 bits per heavy atom. The van der Waals surface area contributed by atoms with Gasteiger partial charge in [-0.2, -0.15) is 0 Å². The van der Waals surface area contributed by atoms with Crippen molar-refractivity contribution in [2.75, 3.05) is 7.11 Å². The molecule has 0 heterocycles. The third-order valence-corrected chi connectivity index (χ3v) is 3.25. The quantitative estimate of drug-likeness (QED) is 0.858. The smallest absolute Gasteiger partial charge is 0.339 e. The number of rotatable bonds is 5. The van der Waals surface area contributed by atoms with Gasteiger partial charge in [0.2, 0.25) is 0 Å². The number of esters is 1. The summed E-state index contributed by atoms with van der Waals surface area (Å²) in [5, 5.41) is 9.10. The lowest BCUT2D eigenvalue weighted by Crippen LogP contribution is -2.13. The summed E-state index contributed by atoms with van der Waals surface area (Å²) in [7, 11) is 1.57. The number of methoxy groups -OCH3 is 1. The molecule has 0 saturated carbocycles. The van der Waals surface area contributed by atoms with Gasteiger partial charge < -0.3 is 14.6 Å². The van der Waals surface area contributed by atoms with Crippen molar-refractivity contribution < 1.29 is 24.2 Å². The van der Waals surface area contributed by atoms with Gasteiger partial charge in [0, 0.05) is 0 Å². The van der Waals surface area contributed by atoms with Gasteiger partial charge in [0.15, 0.2) is 0 Å². The van der Waals surface area contributed by atoms with Crippen molar-refractivity contribution in [1.29, 1.82) is 0 Å². The number of carboxylic acids is 1. The summed E-state index contributed by atoms with van der Waals surface area (Å²) >= 11 is 0. The normalized spacial score (nSPS) is 11.5. The number of aromatic carboxylic acids is 1. The molecule has 0 bridgehead atoms. The molecule has 5 heteroatoms. The Kier molecular flexibility index (Phi) is 4.78. The largest absolute Gasteiger partial charge is 0.497 e. The average molecular weight is 300 g/mol. The van der Waals surface area contributed by atoms with Crippen molar-refractivity contribution in [1.82, 2.24) is 0 Å². The van der Waals surface area contributed by atoms with Gasteiger partial charge in [-0.15, -0.1) is 0 Å². The second-order valence-corrected chi connectivity index (χ2v) is 4.67. The molecule has 2 rings (SSSR count). The molecule has 2 aromatic carbocycles. The minimum Gasteiger partial charge on any atom is -0.497 e. The summed E-state index contributed by atoms with van der Waals surface area (Å²) < 4.78 is 10.4. The molecular formula is C17H16O5. The van der Waals surface area contributed by atoms with Crippen LogP contribution in [0.25, 0.3) is 0 Å². The van der Waals surface area contributed by atoms with E-state index in [2.05, 4.69) is 0 Å². The van der Waals surface area contributed by atoms with Crippen LogP contribution in [0.5, 0.6) is 5.75 Å². The number of carbonyl (C=O) groups excluding carboxylic acids is 1. The van der Waals surface area contributed by atoms with Crippen LogP contribution in [0.15, 0.2) is 48.5 Å². The highest BCUT2D eigenvalue weighted by molar-refractivity contribution is 6.02. The van der Waals surface area contributed by atoms with Crippen molar-refractivity contribution in [2.45, 2.75) is 13.0 Å². The van der Waals surface area contributed by atoms with Gasteiger partial charge >= 0.3 is 11.9 Å². The third-order valence-electron chi connectivity index (χ3n) is 3.25. The van der Waals surface area contributed by atoms with Gasteiger partial charge in [-0.1, -0.05) is 24.3 Å². The van der Waals surface area contributed by atoms with Crippen LogP contribution in [-0.2, 0) is 4.74 Å². The molecule has 1 atom stereocenters. The van der Waals surface area contributed by atoms with E-state index in [-0.39, 0.29) is 11.1 Å². The Labute approximate surface area is 128 Å². The highest BCUT2D eigenvalue weighted by Gasteiger charge is 2.19. The summed E-state index contributed by atoms with van der Waals surface area (Å²) in [5.41, 5.74) is 0.756. The molecule has 22 heavy (non-hydrogen) atoms. The van der Waals surface area contributed by atoms with Gasteiger partial charge in [0.05, 0.1) is 18.2 Å². The van der Waals surface area contributed by atoms with Crippen molar-refractivity contribution in [3.05, 3.63) is 65.2 Å². The fourth-order valence-electron chi connectivity index (χ4n) is 2.01. The van der Waals surface area contributed by atoms with E-state index < -0.39 is 18.0 Å². The van der Waals surface area contributed by atoms with E-state index in [0.717, 1.165) is 5.56 Å². The van der Waals surface area contributed by atoms with E-state index >= 15 is 0 Å². The van der Waals surface area contributed by atoms with Crippen LogP contribution >= 0.6 is 0 Å². The second kappa shape index (κ2) is 6.76. The van der Waals surface area contributed by atoms with E-state index in [0.29, 0.717) is 5.75 Å². The minimum atomic E-state index is -1.16. The monoisotopic (exact) mass is 300 g/mol. The van der Waals surface area contributed by atoms with Gasteiger partial charge in [-0.3, -0.25) is 0 Å². The molecule has 1 N–H and O–H groups in total. The molecule has 114 valence electrons. The fourth-order valence-corrected chi connectivity index (χ4v) is 2.01. The zero-order valence-corrected chi connectivity index (χ0v) is 12.3. The van der Waals surface area contributed by atoms with Crippen molar-refractivity contribution in [3.63, 3.8) is 0 Å². The zero-order valence-electron chi connectivity index (χ0n) is 12.3. The maximum atomic E-state index is 12.2. The van der Waals surface area contributed by atoms with Gasteiger partial charge in [-0.05, 0) is 36.8 Å². The summed E-state index contributed by atoms with van der Waals surface area (Å²) in [6.45, 7) is 1.73. The Morgan fingerprint density at radius 1 is 1.00 bits per heavy atom. The van der Waals surface area contributed by atoms with E-state index in [1.807, 2.05) is 0 Å². The molecule has 0 amide bonds. The predicted octanol–water partition coefficient (Wildman–Crippen LogP) is 3.31. The highest BCUT2D eigenvalue weighted by atomic mass is 16.5. The van der Waals surface area contributed by atoms with Crippen molar-refractivity contribution >= 4 is 11.9 Å². The first-order valence-electron chi connectivity index (χ1n) is 6.70. The Hall–Kier alpha value is -2.82. The van der Waals surface area contributed by atoms with E-state index in [1.54, 1.807) is 50.4 Å². The molecule has 0 spiro atoms. The minimum absolute atomic E-state index is 0.0374. The van der Waals surface area contributed by atoms with Crippen LogP contribution < -0.4 is 4.74 Å². The van der Waals surface area contributed by atoms with Gasteiger partial charge in [-0.25, -0.2) is 9.59 Å². The molecule has 1 unspecified atom stereocenters. The molecule has 0 aromatic heterocycles. The summed E-state index contributed by atoms with van der Waals surface area (Å²) in [4.78, 5) is 23.3. The molecule has 0 fully saturated rings. The molecule has 0 aliphatic rings. The number of carbonyl (C=O) groups is 2. The summed E-state index contributed by atoms with van der Waals surface area (Å²) in [6, 6.07) is 13.1. The lowest BCUT2D eigenvalue weighted by molar-refractivity contribution is 0.0331. The van der Waals surface area contributed by atoms with Crippen molar-refractivity contribution in [3.8, 4) is 5.75 Å². The van der Waals surface area contributed by atoms with Crippen LogP contribution in [0.4, 0.5) is 0 Å². The number of hydrogen-bond donors (Lipinski definition) is 1. The second-order valence-electron chi connectivity index (χ2n) is 4.67. The van der Waals surface area contributed by atoms with Crippen LogP contribution in [0.3, 0.4) is 0 Å². The first-order valence-corrected chi connectivity index (χ1v) is 6.70. The Morgan fingerprint density at radius 2 is 1.59 bits per heavy atom. The van der Waals surface area contributed by atoms with E-state index in [4.69, 9.17) is 14.6 Å². The van der Waals surface area contributed by atoms with Crippen LogP contribution in [0.2, 0.25) is 0 Å². The molecule has 0 radical (unpaired) electrons. The SMILES string of the molecule is COc1ccc(C(C)OC(=O)c2ccccc2C(=O)O)cc1. The molecule has 0 aliphatic carbocycles. The van der Waals surface area contributed by atoms with Crippen LogP contribution in [-0.4, -0.2) is 24.2 Å². The lowest BCUT2D eigenvalue weighted by Gasteiger charge is -2.15. The van der Waals surface area contributed by atoms with Gasteiger partial charge in [0.1, 0.15) is 11.9 Å². The number of hydrogen-bond acceptors (Lipinski definition) is 4. The maximum Gasteiger partial charge on any atom is 0.339 e. The molecule has 2 aromatic rings. The summed E-state index contributed by atoms with van der Waals surface area (Å²) in [6.07, 6.45) is -0.500. The summed E-state index contributed by atoms with van der Waals surface area (Å²) in [5.74, 6) is -1.12. The van der Waals surface area contributed by atoms with Gasteiger partial charge in [0.25, 0.3) is 0 Å². The molecule has 0 aliphatic heterocycles. The predicted molar refractivity (Wildman–Crippen MR) is 80.2 cm³/mol. The average Bonchev–Trinajstić information content (AvgIpc) is 2.54. The first-order chi connectivity index (χ1) is 10.5. The Balaban J connectivity index is 2.16. The highest BCUT2D eigenvalue weighted by Crippen LogP contribution is 2.22. The zero-order chi connectivity index (χ0) is 16.1. The standard InChI is InChI=1S/C17H16O5/c1-11(12-7-9-13(21-2)10-8-12)22-17(20)15-6-4-3-5-14(15)16(18)19/h3-11H,1-2H3,(H,18,19). The third kappa shape index (κ3) is 3.44. The number of carboxylic acid groups (broad SMARTS) is 1. The number of benzene rings is 2. The number of ether oxygens (including phenoxy) is 2. The fraction of sp³-hybridized carbons (Fsp3) is 0.176. The first kappa shape index (κ1) is 15.6. The van der Waals surface area contributed by atoms with E-state index in [9.17, 15) is 9.59 Å². The lowest BCUT2D eigenvalue weighted by atomic mass is 10.1. The van der Waals surface area contributed by atoms with Crippen molar-refractivity contribution in [2.24, 2.45) is 0 Å². The maximum absolute atomic E-state index is 12.2. The Bertz CT molecular complexity index is 676. The molecular weight excluding hydrogens is 284 g/mol. The van der Waals surface area contributed by atoms with Crippen LogP contribution in [0, 0.1) is 0 Å². The van der Waals surface area contributed by atoms with Crippen LogP contribution in [0.1, 0.15) is 39.3 Å². The molecule has 0 saturated heterocycles. The van der Waals surface area contributed by atoms with E-state index in [1.165, 1.54) is 12.1 Å².